The topological polar surface area (TPSA) is 95.9 Å². The van der Waals surface area contributed by atoms with Gasteiger partial charge in [-0.2, -0.15) is 0 Å². The average molecular weight is 933 g/mol. The molecule has 0 spiro atoms. The van der Waals surface area contributed by atoms with E-state index in [0.29, 0.717) is 19.3 Å². The van der Waals surface area contributed by atoms with Crippen LogP contribution in [-0.4, -0.2) is 46.9 Å². The molecule has 3 unspecified atom stereocenters. The molecule has 0 aromatic carbocycles. The molecule has 6 nitrogen and oxygen atoms in total. The van der Waals surface area contributed by atoms with Crippen LogP contribution in [0.1, 0.15) is 252 Å². The molecular weight excluding hydrogens is 827 g/mol. The lowest BCUT2D eigenvalue weighted by Gasteiger charge is -2.24. The van der Waals surface area contributed by atoms with E-state index in [1.165, 1.54) is 128 Å². The van der Waals surface area contributed by atoms with Crippen LogP contribution in [0, 0.1) is 0 Å². The molecular formula is C61H105NO5. The Morgan fingerprint density at radius 2 is 0.821 bits per heavy atom. The predicted molar refractivity (Wildman–Crippen MR) is 291 cm³/mol. The van der Waals surface area contributed by atoms with Crippen LogP contribution in [-0.2, 0) is 14.3 Å². The Morgan fingerprint density at radius 3 is 1.27 bits per heavy atom. The van der Waals surface area contributed by atoms with Gasteiger partial charge in [0.25, 0.3) is 0 Å². The van der Waals surface area contributed by atoms with Crippen molar-refractivity contribution in [3.63, 3.8) is 0 Å². The molecule has 0 aromatic heterocycles. The number of aliphatic hydroxyl groups is 2. The highest BCUT2D eigenvalue weighted by Gasteiger charge is 2.24. The summed E-state index contributed by atoms with van der Waals surface area (Å²) in [6.45, 7) is 6.32. The third-order valence-electron chi connectivity index (χ3n) is 12.3. The Bertz CT molecular complexity index is 1320. The van der Waals surface area contributed by atoms with Gasteiger partial charge in [0.15, 0.2) is 0 Å². The third-order valence-corrected chi connectivity index (χ3v) is 12.3. The van der Waals surface area contributed by atoms with Crippen LogP contribution in [0.5, 0.6) is 0 Å². The number of amides is 1. The van der Waals surface area contributed by atoms with Crippen molar-refractivity contribution in [3.05, 3.63) is 97.2 Å². The fraction of sp³-hybridized carbons (Fsp3) is 0.705. The number of ether oxygens (including phenoxy) is 1. The minimum Gasteiger partial charge on any atom is -0.462 e. The Kier molecular flexibility index (Phi) is 51.1. The number of unbranched alkanes of at least 4 members (excludes halogenated alkanes) is 27. The monoisotopic (exact) mass is 932 g/mol. The van der Waals surface area contributed by atoms with Crippen molar-refractivity contribution in [3.8, 4) is 0 Å². The van der Waals surface area contributed by atoms with Gasteiger partial charge < -0.3 is 20.3 Å². The lowest BCUT2D eigenvalue weighted by atomic mass is 10.0. The molecule has 0 fully saturated rings. The third kappa shape index (κ3) is 49.0. The Labute approximate surface area is 414 Å². The fourth-order valence-electron chi connectivity index (χ4n) is 8.11. The van der Waals surface area contributed by atoms with Crippen molar-refractivity contribution in [1.29, 1.82) is 0 Å². The van der Waals surface area contributed by atoms with E-state index in [2.05, 4.69) is 62.5 Å². The number of nitrogens with one attached hydrogen (secondary N) is 1. The lowest BCUT2D eigenvalue weighted by Crippen LogP contribution is -2.46. The molecule has 6 heteroatoms. The van der Waals surface area contributed by atoms with Crippen LogP contribution in [0.3, 0.4) is 0 Å². The molecule has 0 radical (unpaired) electrons. The van der Waals surface area contributed by atoms with Gasteiger partial charge in [-0.05, 0) is 64.2 Å². The SMILES string of the molecule is CC\C=C/C=C/C=C/C=C\C=C\C=C\CCCC(CC(=O)NC(CO)C(O)CCCCCCCCCCCCCCCCC)OC(=O)CCCCCCC/C=C/C=C/CCCCCCCCC. The summed E-state index contributed by atoms with van der Waals surface area (Å²) in [5.74, 6) is -0.569. The molecule has 0 aromatic rings. The zero-order chi connectivity index (χ0) is 48.8. The second-order valence-corrected chi connectivity index (χ2v) is 18.8. The minimum absolute atomic E-state index is 0.0156. The summed E-state index contributed by atoms with van der Waals surface area (Å²) in [6.07, 6.45) is 71.9. The van der Waals surface area contributed by atoms with Crippen LogP contribution >= 0.6 is 0 Å². The number of aliphatic hydroxyl groups excluding tert-OH is 2. The smallest absolute Gasteiger partial charge is 0.306 e. The normalized spacial score (nSPS) is 13.9. The van der Waals surface area contributed by atoms with E-state index in [9.17, 15) is 19.8 Å². The number of carbonyl (C=O) groups excluding carboxylic acids is 2. The van der Waals surface area contributed by atoms with Gasteiger partial charge in [0.1, 0.15) is 6.10 Å². The van der Waals surface area contributed by atoms with Gasteiger partial charge in [0.05, 0.1) is 25.2 Å². The van der Waals surface area contributed by atoms with Crippen molar-refractivity contribution in [1.82, 2.24) is 5.32 Å². The second kappa shape index (κ2) is 53.7. The Hall–Kier alpha value is -3.22. The first-order chi connectivity index (χ1) is 33.0. The highest BCUT2D eigenvalue weighted by molar-refractivity contribution is 5.77. The van der Waals surface area contributed by atoms with E-state index in [-0.39, 0.29) is 24.9 Å². The summed E-state index contributed by atoms with van der Waals surface area (Å²) in [6, 6.07) is -0.735. The van der Waals surface area contributed by atoms with E-state index in [1.807, 2.05) is 60.8 Å². The molecule has 0 aliphatic rings. The van der Waals surface area contributed by atoms with Gasteiger partial charge in [-0.1, -0.05) is 272 Å². The number of carbonyl (C=O) groups is 2. The highest BCUT2D eigenvalue weighted by Crippen LogP contribution is 2.17. The lowest BCUT2D eigenvalue weighted by molar-refractivity contribution is -0.151. The molecule has 3 atom stereocenters. The molecule has 0 saturated heterocycles. The average Bonchev–Trinajstić information content (AvgIpc) is 3.32. The molecule has 67 heavy (non-hydrogen) atoms. The largest absolute Gasteiger partial charge is 0.462 e. The summed E-state index contributed by atoms with van der Waals surface area (Å²) in [5.41, 5.74) is 0. The van der Waals surface area contributed by atoms with E-state index in [1.54, 1.807) is 0 Å². The number of rotatable bonds is 49. The molecule has 384 valence electrons. The maximum Gasteiger partial charge on any atom is 0.306 e. The van der Waals surface area contributed by atoms with Crippen molar-refractivity contribution < 1.29 is 24.5 Å². The van der Waals surface area contributed by atoms with E-state index < -0.39 is 18.2 Å². The zero-order valence-electron chi connectivity index (χ0n) is 43.8. The number of hydrogen-bond acceptors (Lipinski definition) is 5. The molecule has 0 heterocycles. The molecule has 0 saturated carbocycles. The summed E-state index contributed by atoms with van der Waals surface area (Å²) in [7, 11) is 0. The van der Waals surface area contributed by atoms with E-state index in [4.69, 9.17) is 4.74 Å². The van der Waals surface area contributed by atoms with Gasteiger partial charge >= 0.3 is 5.97 Å². The summed E-state index contributed by atoms with van der Waals surface area (Å²) in [4.78, 5) is 26.2. The molecule has 0 aliphatic heterocycles. The molecule has 0 aliphatic carbocycles. The van der Waals surface area contributed by atoms with Crippen LogP contribution in [0.4, 0.5) is 0 Å². The van der Waals surface area contributed by atoms with Crippen molar-refractivity contribution in [2.75, 3.05) is 6.61 Å². The van der Waals surface area contributed by atoms with Crippen molar-refractivity contribution >= 4 is 11.9 Å². The molecule has 3 N–H and O–H groups in total. The maximum absolute atomic E-state index is 13.2. The number of allylic oxidation sites excluding steroid dienone is 16. The maximum atomic E-state index is 13.2. The van der Waals surface area contributed by atoms with Crippen LogP contribution in [0.15, 0.2) is 97.2 Å². The Morgan fingerprint density at radius 1 is 0.448 bits per heavy atom. The fourth-order valence-corrected chi connectivity index (χ4v) is 8.11. The van der Waals surface area contributed by atoms with E-state index >= 15 is 0 Å². The Balaban J connectivity index is 4.71. The first kappa shape index (κ1) is 63.8. The summed E-state index contributed by atoms with van der Waals surface area (Å²) < 4.78 is 5.91. The van der Waals surface area contributed by atoms with E-state index in [0.717, 1.165) is 77.0 Å². The van der Waals surface area contributed by atoms with Crippen LogP contribution in [0.2, 0.25) is 0 Å². The molecule has 1 amide bonds. The molecule has 0 bridgehead atoms. The van der Waals surface area contributed by atoms with Crippen molar-refractivity contribution in [2.24, 2.45) is 0 Å². The first-order valence-corrected chi connectivity index (χ1v) is 28.1. The second-order valence-electron chi connectivity index (χ2n) is 18.8. The highest BCUT2D eigenvalue weighted by atomic mass is 16.5. The van der Waals surface area contributed by atoms with Gasteiger partial charge in [-0.25, -0.2) is 0 Å². The van der Waals surface area contributed by atoms with Gasteiger partial charge in [0, 0.05) is 6.42 Å². The summed E-state index contributed by atoms with van der Waals surface area (Å²) in [5, 5.41) is 23.8. The standard InChI is InChI=1S/C61H105NO5/c1-4-7-10-13-16-19-22-25-28-29-30-33-36-39-42-45-48-51-54-61(66)67-57(52-49-46-43-40-37-34-31-26-23-20-17-14-11-8-5-2)55-60(65)62-58(56-63)59(64)53-50-47-44-41-38-35-32-27-24-21-18-15-12-9-6-3/h8,11,14,17,20,23,26,28-31,33-34,37,40,43,57-59,63-64H,4-7,9-10,12-13,15-16,18-19,21-22,24-25,27,32,35-36,38-39,41-42,44-56H2,1-3H3,(H,62,65)/b11-8-,17-14+,23-20+,29-28+,31-26-,33-30+,37-34+,43-40+. The first-order valence-electron chi connectivity index (χ1n) is 28.1. The zero-order valence-corrected chi connectivity index (χ0v) is 43.8. The van der Waals surface area contributed by atoms with Crippen LogP contribution in [0.25, 0.3) is 0 Å². The summed E-state index contributed by atoms with van der Waals surface area (Å²) >= 11 is 0. The van der Waals surface area contributed by atoms with Crippen LogP contribution < -0.4 is 5.32 Å². The quantitative estimate of drug-likeness (QED) is 0.0321. The number of hydrogen-bond donors (Lipinski definition) is 3. The van der Waals surface area contributed by atoms with Crippen molar-refractivity contribution in [2.45, 2.75) is 270 Å². The number of esters is 1. The predicted octanol–water partition coefficient (Wildman–Crippen LogP) is 17.3. The minimum atomic E-state index is -0.816. The van der Waals surface area contributed by atoms with Gasteiger partial charge in [0.2, 0.25) is 5.91 Å². The molecule has 0 rings (SSSR count). The van der Waals surface area contributed by atoms with Gasteiger partial charge in [-0.15, -0.1) is 0 Å². The van der Waals surface area contributed by atoms with Gasteiger partial charge in [-0.3, -0.25) is 9.59 Å².